The molecule has 0 fully saturated rings. The maximum Gasteiger partial charge on any atom is 0.451 e. The van der Waals surface area contributed by atoms with E-state index in [1.165, 1.54) is 0 Å². The van der Waals surface area contributed by atoms with E-state index in [2.05, 4.69) is 14.7 Å². The normalized spacial score (nSPS) is 15.1. The number of aliphatic hydroxyl groups excluding tert-OH is 1. The molecule has 0 aliphatic carbocycles. The minimum absolute atomic E-state index is 0.298. The Morgan fingerprint density at radius 1 is 1.20 bits per heavy atom. The summed E-state index contributed by atoms with van der Waals surface area (Å²) in [5, 5.41) is 9.46. The Balaban J connectivity index is 2.99. The van der Waals surface area contributed by atoms with Crippen molar-refractivity contribution in [2.24, 2.45) is 0 Å². The van der Waals surface area contributed by atoms with Crippen molar-refractivity contribution in [1.82, 2.24) is 9.97 Å². The molecule has 10 heteroatoms. The summed E-state index contributed by atoms with van der Waals surface area (Å²) in [7, 11) is 0.745. The zero-order valence-corrected chi connectivity index (χ0v) is 9.83. The summed E-state index contributed by atoms with van der Waals surface area (Å²) in [5.74, 6) is -2.94. The summed E-state index contributed by atoms with van der Waals surface area (Å²) in [6, 6.07) is 0. The molecule has 112 valence electrons. The molecule has 0 radical (unpaired) electrons. The molecule has 0 aromatic carbocycles. The van der Waals surface area contributed by atoms with Gasteiger partial charge in [-0.1, -0.05) is 0 Å². The molecule has 20 heavy (non-hydrogen) atoms. The second kappa shape index (κ2) is 5.65. The summed E-state index contributed by atoms with van der Waals surface area (Å²) >= 11 is 0. The number of nitrogens with zero attached hydrogens (tertiary/aromatic N) is 2. The first-order valence-electron chi connectivity index (χ1n) is 4.96. The van der Waals surface area contributed by atoms with Crippen LogP contribution in [0.1, 0.15) is 17.5 Å². The maximum atomic E-state index is 12.3. The zero-order valence-electron chi connectivity index (χ0n) is 9.83. The lowest BCUT2D eigenvalue weighted by Gasteiger charge is -2.13. The number of halogens is 6. The molecule has 1 unspecified atom stereocenters. The number of hydrogen-bond acceptors (Lipinski definition) is 4. The Kier molecular flexibility index (Phi) is 4.58. The third-order valence-corrected chi connectivity index (χ3v) is 2.08. The van der Waals surface area contributed by atoms with E-state index in [-0.39, 0.29) is 5.56 Å². The van der Waals surface area contributed by atoms with E-state index in [0.29, 0.717) is 18.5 Å². The van der Waals surface area contributed by atoms with Gasteiger partial charge in [0.05, 0.1) is 7.11 Å². The van der Waals surface area contributed by atoms with E-state index in [9.17, 15) is 31.4 Å². The van der Waals surface area contributed by atoms with Crippen LogP contribution in [0, 0.1) is 0 Å². The highest BCUT2D eigenvalue weighted by Gasteiger charge is 2.36. The van der Waals surface area contributed by atoms with E-state index in [1.54, 1.807) is 0 Å². The van der Waals surface area contributed by atoms with E-state index in [0.717, 1.165) is 7.11 Å². The molecule has 1 heterocycles. The van der Waals surface area contributed by atoms with Gasteiger partial charge in [-0.15, -0.1) is 0 Å². The van der Waals surface area contributed by atoms with Gasteiger partial charge in [-0.05, 0) is 6.08 Å². The highest BCUT2D eigenvalue weighted by molar-refractivity contribution is 5.17. The van der Waals surface area contributed by atoms with Crippen molar-refractivity contribution >= 4 is 0 Å². The predicted molar refractivity (Wildman–Crippen MR) is 53.1 cm³/mol. The van der Waals surface area contributed by atoms with Crippen LogP contribution in [0.15, 0.2) is 24.2 Å². The van der Waals surface area contributed by atoms with Crippen molar-refractivity contribution in [3.05, 3.63) is 35.6 Å². The smallest absolute Gasteiger partial charge is 0.451 e. The van der Waals surface area contributed by atoms with Crippen molar-refractivity contribution in [2.45, 2.75) is 18.5 Å². The first kappa shape index (κ1) is 16.2. The number of aromatic nitrogens is 2. The van der Waals surface area contributed by atoms with E-state index in [4.69, 9.17) is 0 Å². The molecule has 0 saturated heterocycles. The number of alkyl halides is 6. The lowest BCUT2D eigenvalue weighted by Crippen LogP contribution is -2.15. The molecule has 1 N–H and O–H groups in total. The molecule has 0 aliphatic rings. The third kappa shape index (κ3) is 4.08. The largest absolute Gasteiger partial charge is 0.492 e. The second-order valence-electron chi connectivity index (χ2n) is 3.52. The average molecular weight is 302 g/mol. The van der Waals surface area contributed by atoms with Crippen LogP contribution in [-0.4, -0.2) is 28.4 Å². The van der Waals surface area contributed by atoms with Gasteiger partial charge in [0.15, 0.2) is 5.76 Å². The standard InChI is InChI=1S/C10H8F6N2O2/c1-20-7(9(11,12)13)2-6(19)5-3-17-8(18-4-5)10(14,15)16/h2-4,6,19H,1H3/b7-2-. The van der Waals surface area contributed by atoms with Gasteiger partial charge < -0.3 is 9.84 Å². The van der Waals surface area contributed by atoms with E-state index in [1.807, 2.05) is 0 Å². The minimum atomic E-state index is -4.83. The summed E-state index contributed by atoms with van der Waals surface area (Å²) in [5.41, 5.74) is -0.336. The second-order valence-corrected chi connectivity index (χ2v) is 3.52. The van der Waals surface area contributed by atoms with Crippen molar-refractivity contribution in [1.29, 1.82) is 0 Å². The number of aliphatic hydroxyl groups is 1. The van der Waals surface area contributed by atoms with Crippen LogP contribution < -0.4 is 0 Å². The fourth-order valence-electron chi connectivity index (χ4n) is 1.16. The highest BCUT2D eigenvalue weighted by atomic mass is 19.4. The molecule has 1 atom stereocenters. The SMILES string of the molecule is CO/C(=C\C(O)c1cnc(C(F)(F)F)nc1)C(F)(F)F. The van der Waals surface area contributed by atoms with Crippen molar-refractivity contribution in [3.8, 4) is 0 Å². The number of allylic oxidation sites excluding steroid dienone is 1. The summed E-state index contributed by atoms with van der Waals surface area (Å²) < 4.78 is 77.6. The van der Waals surface area contributed by atoms with Gasteiger partial charge in [0.2, 0.25) is 5.82 Å². The van der Waals surface area contributed by atoms with Gasteiger partial charge >= 0.3 is 12.4 Å². The number of hydrogen-bond donors (Lipinski definition) is 1. The third-order valence-electron chi connectivity index (χ3n) is 2.08. The predicted octanol–water partition coefficient (Wildman–Crippen LogP) is 2.62. The molecule has 0 bridgehead atoms. The van der Waals surface area contributed by atoms with Crippen LogP contribution in [0.3, 0.4) is 0 Å². The molecule has 1 rings (SSSR count). The maximum absolute atomic E-state index is 12.3. The van der Waals surface area contributed by atoms with Gasteiger partial charge in [-0.25, -0.2) is 9.97 Å². The number of methoxy groups -OCH3 is 1. The van der Waals surface area contributed by atoms with Gasteiger partial charge in [0.25, 0.3) is 0 Å². The van der Waals surface area contributed by atoms with Crippen LogP contribution in [0.2, 0.25) is 0 Å². The first-order chi connectivity index (χ1) is 9.05. The van der Waals surface area contributed by atoms with E-state index >= 15 is 0 Å². The molecule has 1 aromatic heterocycles. The monoisotopic (exact) mass is 302 g/mol. The van der Waals surface area contributed by atoms with Gasteiger partial charge in [0.1, 0.15) is 6.10 Å². The Hall–Kier alpha value is -1.84. The van der Waals surface area contributed by atoms with Crippen molar-refractivity contribution < 1.29 is 36.2 Å². The van der Waals surface area contributed by atoms with Crippen LogP contribution in [0.4, 0.5) is 26.3 Å². The quantitative estimate of drug-likeness (QED) is 0.689. The minimum Gasteiger partial charge on any atom is -0.492 e. The van der Waals surface area contributed by atoms with E-state index < -0.39 is 30.0 Å². The molecule has 0 saturated carbocycles. The molecule has 0 amide bonds. The van der Waals surface area contributed by atoms with Crippen LogP contribution >= 0.6 is 0 Å². The molecule has 4 nitrogen and oxygen atoms in total. The first-order valence-corrected chi connectivity index (χ1v) is 4.96. The van der Waals surface area contributed by atoms with Gasteiger partial charge in [0, 0.05) is 18.0 Å². The lowest BCUT2D eigenvalue weighted by atomic mass is 10.1. The fourth-order valence-corrected chi connectivity index (χ4v) is 1.16. The summed E-state index contributed by atoms with van der Waals surface area (Å²) in [4.78, 5) is 5.84. The van der Waals surface area contributed by atoms with Crippen molar-refractivity contribution in [3.63, 3.8) is 0 Å². The van der Waals surface area contributed by atoms with Crippen LogP contribution in [0.5, 0.6) is 0 Å². The summed E-state index contributed by atoms with van der Waals surface area (Å²) in [6.07, 6.45) is -9.99. The molecule has 1 aromatic rings. The Labute approximate surface area is 108 Å². The molecule has 0 aliphatic heterocycles. The van der Waals surface area contributed by atoms with Crippen molar-refractivity contribution in [2.75, 3.05) is 7.11 Å². The Bertz CT molecular complexity index is 480. The topological polar surface area (TPSA) is 55.2 Å². The Morgan fingerprint density at radius 3 is 2.05 bits per heavy atom. The van der Waals surface area contributed by atoms with Crippen LogP contribution in [0.25, 0.3) is 0 Å². The summed E-state index contributed by atoms with van der Waals surface area (Å²) in [6.45, 7) is 0. The van der Waals surface area contributed by atoms with Gasteiger partial charge in [-0.2, -0.15) is 26.3 Å². The molecule has 0 spiro atoms. The molecular formula is C10H8F6N2O2. The zero-order chi connectivity index (χ0) is 15.6. The fraction of sp³-hybridized carbons (Fsp3) is 0.400. The Morgan fingerprint density at radius 2 is 1.70 bits per heavy atom. The highest BCUT2D eigenvalue weighted by Crippen LogP contribution is 2.29. The van der Waals surface area contributed by atoms with Gasteiger partial charge in [-0.3, -0.25) is 0 Å². The average Bonchev–Trinajstić information content (AvgIpc) is 2.33. The van der Waals surface area contributed by atoms with Crippen LogP contribution in [-0.2, 0) is 10.9 Å². The number of rotatable bonds is 3. The molecular weight excluding hydrogens is 294 g/mol. The number of ether oxygens (including phenoxy) is 1. The lowest BCUT2D eigenvalue weighted by molar-refractivity contribution is -0.145.